The van der Waals surface area contributed by atoms with Gasteiger partial charge in [-0.15, -0.1) is 0 Å². The Morgan fingerprint density at radius 1 is 1.37 bits per heavy atom. The molecule has 0 saturated carbocycles. The van der Waals surface area contributed by atoms with Gasteiger partial charge in [0, 0.05) is 42.6 Å². The number of hydrogen-bond donors (Lipinski definition) is 1. The summed E-state index contributed by atoms with van der Waals surface area (Å²) in [6, 6.07) is 6.35. The van der Waals surface area contributed by atoms with E-state index in [1.807, 2.05) is 23.0 Å². The molecule has 0 aliphatic carbocycles. The fourth-order valence-corrected chi connectivity index (χ4v) is 4.36. The predicted octanol–water partition coefficient (Wildman–Crippen LogP) is 2.84. The zero-order valence-corrected chi connectivity index (χ0v) is 19.4. The molecule has 3 aromatic rings. The number of rotatable bonds is 7. The van der Waals surface area contributed by atoms with E-state index in [2.05, 4.69) is 57.2 Å². The number of anilines is 2. The Hall–Kier alpha value is -2.39. The Balaban J connectivity index is 1.68. The van der Waals surface area contributed by atoms with Gasteiger partial charge in [-0.25, -0.2) is 4.98 Å². The highest BCUT2D eigenvalue weighted by Gasteiger charge is 2.38. The van der Waals surface area contributed by atoms with E-state index in [-0.39, 0.29) is 11.6 Å². The lowest BCUT2D eigenvalue weighted by molar-refractivity contribution is -0.885. The molecule has 0 aromatic carbocycles. The number of aromatic nitrogens is 4. The average Bonchev–Trinajstić information content (AvgIpc) is 3.40. The van der Waals surface area contributed by atoms with Gasteiger partial charge in [0.15, 0.2) is 5.65 Å². The van der Waals surface area contributed by atoms with Gasteiger partial charge in [0.1, 0.15) is 18.7 Å². The van der Waals surface area contributed by atoms with Crippen LogP contribution in [0.15, 0.2) is 41.3 Å². The normalized spacial score (nSPS) is 17.0. The van der Waals surface area contributed by atoms with Gasteiger partial charge in [0.25, 0.3) is 0 Å². The molecule has 4 rings (SSSR count). The minimum atomic E-state index is -0.257. The second-order valence-electron chi connectivity index (χ2n) is 7.99. The van der Waals surface area contributed by atoms with Gasteiger partial charge < -0.3 is 15.0 Å². The summed E-state index contributed by atoms with van der Waals surface area (Å²) in [5.41, 5.74) is 1.63. The maximum Gasteiger partial charge on any atom is 0.227 e. The summed E-state index contributed by atoms with van der Waals surface area (Å²) in [7, 11) is 3.42. The van der Waals surface area contributed by atoms with E-state index in [9.17, 15) is 0 Å². The quantitative estimate of drug-likeness (QED) is 0.529. The fourth-order valence-electron chi connectivity index (χ4n) is 4.01. The van der Waals surface area contributed by atoms with Gasteiger partial charge in [-0.1, -0.05) is 0 Å². The van der Waals surface area contributed by atoms with Crippen LogP contribution in [0.4, 0.5) is 11.6 Å². The maximum atomic E-state index is 5.80. The Labute approximate surface area is 184 Å². The lowest BCUT2D eigenvalue weighted by Gasteiger charge is -2.37. The maximum absolute atomic E-state index is 5.80. The molecule has 0 spiro atoms. The number of fused-ring (bicyclic) bond motifs is 1. The number of nitrogens with zero attached hydrogens (tertiary/aromatic N) is 5. The van der Waals surface area contributed by atoms with Gasteiger partial charge >= 0.3 is 0 Å². The topological polar surface area (TPSA) is 67.8 Å². The lowest BCUT2D eigenvalue weighted by Crippen LogP contribution is -2.47. The molecule has 1 saturated heterocycles. The third-order valence-corrected chi connectivity index (χ3v) is 6.37. The first-order valence-electron chi connectivity index (χ1n) is 10.1. The minimum absolute atomic E-state index is 0.257. The number of pyridine rings is 1. The lowest BCUT2D eigenvalue weighted by atomic mass is 9.96. The van der Waals surface area contributed by atoms with Crippen LogP contribution < -0.4 is 19.8 Å². The summed E-state index contributed by atoms with van der Waals surface area (Å²) in [6.07, 6.45) is 7.79. The number of nitrogens with one attached hydrogen (secondary N) is 1. The molecule has 1 atom stereocenters. The smallest absolute Gasteiger partial charge is 0.227 e. The Morgan fingerprint density at radius 2 is 2.20 bits per heavy atom. The van der Waals surface area contributed by atoms with Crippen LogP contribution in [-0.2, 0) is 11.3 Å². The third kappa shape index (κ3) is 3.96. The molecule has 9 heteroatoms. The van der Waals surface area contributed by atoms with E-state index >= 15 is 0 Å². The summed E-state index contributed by atoms with van der Waals surface area (Å²) >= 11 is 3.59. The van der Waals surface area contributed by atoms with Gasteiger partial charge in [0.05, 0.1) is 22.3 Å². The molecule has 4 heterocycles. The fraction of sp³-hybridized carbons (Fsp3) is 0.476. The average molecular weight is 476 g/mol. The number of halogens is 1. The van der Waals surface area contributed by atoms with E-state index in [0.717, 1.165) is 46.7 Å². The highest BCUT2D eigenvalue weighted by atomic mass is 79.9. The van der Waals surface area contributed by atoms with Crippen molar-refractivity contribution >= 4 is 33.2 Å². The molecule has 8 nitrogen and oxygen atoms in total. The molecular weight excluding hydrogens is 448 g/mol. The first-order chi connectivity index (χ1) is 14.4. The van der Waals surface area contributed by atoms with Crippen LogP contribution in [0.25, 0.3) is 5.65 Å². The molecular formula is C21H28BrN6O2+. The number of ether oxygens (including phenoxy) is 1. The monoisotopic (exact) mass is 475 g/mol. The largest absolute Gasteiger partial charge is 0.377 e. The van der Waals surface area contributed by atoms with Gasteiger partial charge in [-0.05, 0) is 48.7 Å². The summed E-state index contributed by atoms with van der Waals surface area (Å²) in [6.45, 7) is 5.87. The second-order valence-corrected chi connectivity index (χ2v) is 8.85. The summed E-state index contributed by atoms with van der Waals surface area (Å²) in [5.74, 6) is 1.81. The first-order valence-corrected chi connectivity index (χ1v) is 10.9. The van der Waals surface area contributed by atoms with E-state index in [1.54, 1.807) is 25.1 Å². The van der Waals surface area contributed by atoms with Crippen molar-refractivity contribution in [3.8, 4) is 0 Å². The first kappa shape index (κ1) is 20.9. The van der Waals surface area contributed by atoms with E-state index in [0.29, 0.717) is 6.54 Å². The van der Waals surface area contributed by atoms with Gasteiger partial charge in [0.2, 0.25) is 12.4 Å². The molecule has 1 fully saturated rings. The summed E-state index contributed by atoms with van der Waals surface area (Å²) in [4.78, 5) is 12.5. The van der Waals surface area contributed by atoms with Crippen LogP contribution in [0, 0.1) is 0 Å². The zero-order valence-electron chi connectivity index (χ0n) is 17.8. The van der Waals surface area contributed by atoms with Crippen LogP contribution in [-0.4, -0.2) is 47.0 Å². The number of methoxy groups -OCH3 is 1. The highest BCUT2D eigenvalue weighted by Crippen LogP contribution is 2.34. The summed E-state index contributed by atoms with van der Waals surface area (Å²) in [5, 5.41) is 8.00. The third-order valence-electron chi connectivity index (χ3n) is 5.81. The summed E-state index contributed by atoms with van der Waals surface area (Å²) < 4.78 is 10.2. The predicted molar refractivity (Wildman–Crippen MR) is 119 cm³/mol. The van der Waals surface area contributed by atoms with Crippen molar-refractivity contribution in [2.45, 2.75) is 44.9 Å². The minimum Gasteiger partial charge on any atom is -0.377 e. The van der Waals surface area contributed by atoms with Crippen LogP contribution in [0.5, 0.6) is 0 Å². The Bertz CT molecular complexity index is 1040. The Kier molecular flexibility index (Phi) is 5.84. The van der Waals surface area contributed by atoms with Crippen molar-refractivity contribution in [2.75, 3.05) is 31.0 Å². The number of hydrogen-bond acceptors (Lipinski definition) is 6. The standard InChI is InChI=1S/C21H28BrN6O2/c1-21(2,29-3)17-8-6-10-27(17)19-11-18(28-20(25-19)16(22)13-24-28)23-12-15-7-5-9-26(14-15)30-4/h5,7,9,11,13-14,17,23H,6,8,10,12H2,1-4H3/q+1/t17-/m0/s1. The van der Waals surface area contributed by atoms with Crippen molar-refractivity contribution in [2.24, 2.45) is 0 Å². The van der Waals surface area contributed by atoms with E-state index < -0.39 is 0 Å². The molecule has 0 amide bonds. The van der Waals surface area contributed by atoms with Crippen LogP contribution in [0.3, 0.4) is 0 Å². The molecule has 160 valence electrons. The van der Waals surface area contributed by atoms with Gasteiger partial charge in [-0.3, -0.25) is 4.84 Å². The molecule has 30 heavy (non-hydrogen) atoms. The van der Waals surface area contributed by atoms with E-state index in [1.165, 1.54) is 0 Å². The molecule has 0 unspecified atom stereocenters. The van der Waals surface area contributed by atoms with Crippen molar-refractivity contribution in [1.82, 2.24) is 14.6 Å². The van der Waals surface area contributed by atoms with Crippen LogP contribution >= 0.6 is 15.9 Å². The Morgan fingerprint density at radius 3 is 2.97 bits per heavy atom. The van der Waals surface area contributed by atoms with Crippen molar-refractivity contribution in [3.05, 3.63) is 46.8 Å². The highest BCUT2D eigenvalue weighted by molar-refractivity contribution is 9.10. The molecule has 1 aliphatic rings. The van der Waals surface area contributed by atoms with Crippen LogP contribution in [0.2, 0.25) is 0 Å². The molecule has 0 radical (unpaired) electrons. The van der Waals surface area contributed by atoms with E-state index in [4.69, 9.17) is 14.6 Å². The molecule has 0 bridgehead atoms. The van der Waals surface area contributed by atoms with Crippen LogP contribution in [0.1, 0.15) is 32.3 Å². The SMILES string of the molecule is CO[n+]1cccc(CNc2cc(N3CCC[C@H]3C(C)(C)OC)nc3c(Br)cnn23)c1. The zero-order chi connectivity index (χ0) is 21.3. The van der Waals surface area contributed by atoms with Gasteiger partial charge in [-0.2, -0.15) is 9.61 Å². The van der Waals surface area contributed by atoms with Crippen molar-refractivity contribution in [3.63, 3.8) is 0 Å². The molecule has 3 aromatic heterocycles. The molecule has 1 N–H and O–H groups in total. The van der Waals surface area contributed by atoms with Crippen molar-refractivity contribution in [1.29, 1.82) is 0 Å². The second kappa shape index (κ2) is 8.39. The molecule has 1 aliphatic heterocycles. The van der Waals surface area contributed by atoms with Crippen molar-refractivity contribution < 1.29 is 14.3 Å².